The van der Waals surface area contributed by atoms with E-state index < -0.39 is 65.8 Å². The molecule has 4 aromatic carbocycles. The van der Waals surface area contributed by atoms with Crippen LogP contribution < -0.4 is 14.8 Å². The van der Waals surface area contributed by atoms with Crippen LogP contribution in [0.5, 0.6) is 11.5 Å². The van der Waals surface area contributed by atoms with E-state index in [1.807, 2.05) is 0 Å². The maximum absolute atomic E-state index is 14.3. The molecule has 12 heteroatoms. The molecule has 0 aliphatic carbocycles. The predicted molar refractivity (Wildman–Crippen MR) is 138 cm³/mol. The Kier molecular flexibility index (Phi) is 10.1. The molecule has 1 N–H and O–H groups in total. The summed E-state index contributed by atoms with van der Waals surface area (Å²) < 4.78 is 90.7. The van der Waals surface area contributed by atoms with E-state index in [0.29, 0.717) is 11.3 Å². The lowest BCUT2D eigenvalue weighted by Crippen LogP contribution is -2.44. The zero-order valence-electron chi connectivity index (χ0n) is 21.6. The van der Waals surface area contributed by atoms with Gasteiger partial charge in [0.05, 0.1) is 6.04 Å². The highest BCUT2D eigenvalue weighted by atomic mass is 19.2. The fourth-order valence-electron chi connectivity index (χ4n) is 3.71. The highest BCUT2D eigenvalue weighted by Crippen LogP contribution is 2.31. The smallest absolute Gasteiger partial charge is 0.408 e. The minimum absolute atomic E-state index is 0.147. The van der Waals surface area contributed by atoms with E-state index in [4.69, 9.17) is 14.2 Å². The third-order valence-corrected chi connectivity index (χ3v) is 5.77. The van der Waals surface area contributed by atoms with Crippen molar-refractivity contribution in [3.63, 3.8) is 0 Å². The Morgan fingerprint density at radius 1 is 0.690 bits per heavy atom. The largest absolute Gasteiger partial charge is 0.468 e. The molecular weight excluding hydrogens is 565 g/mol. The van der Waals surface area contributed by atoms with Gasteiger partial charge in [-0.25, -0.2) is 22.8 Å². The van der Waals surface area contributed by atoms with E-state index in [0.717, 1.165) is 0 Å². The van der Waals surface area contributed by atoms with Crippen LogP contribution in [0.3, 0.4) is 0 Å². The zero-order chi connectivity index (χ0) is 30.1. The van der Waals surface area contributed by atoms with E-state index in [9.17, 15) is 31.5 Å². The van der Waals surface area contributed by atoms with Gasteiger partial charge in [-0.1, -0.05) is 78.9 Å². The number of carbonyl (C=O) groups is 2. The summed E-state index contributed by atoms with van der Waals surface area (Å²) in [7, 11) is 0. The number of nitrogens with one attached hydrogen (secondary N) is 1. The first-order valence-electron chi connectivity index (χ1n) is 12.3. The molecule has 0 aliphatic heterocycles. The zero-order valence-corrected chi connectivity index (χ0v) is 21.6. The Morgan fingerprint density at radius 2 is 1.21 bits per heavy atom. The summed E-state index contributed by atoms with van der Waals surface area (Å²) in [5, 5.41) is 2.44. The van der Waals surface area contributed by atoms with E-state index in [-0.39, 0.29) is 12.2 Å². The van der Waals surface area contributed by atoms with Crippen LogP contribution in [0.2, 0.25) is 0 Å². The van der Waals surface area contributed by atoms with E-state index >= 15 is 0 Å². The molecule has 4 rings (SSSR count). The van der Waals surface area contributed by atoms with Gasteiger partial charge in [-0.3, -0.25) is 0 Å². The van der Waals surface area contributed by atoms with Crippen molar-refractivity contribution in [2.24, 2.45) is 0 Å². The van der Waals surface area contributed by atoms with Gasteiger partial charge >= 0.3 is 12.1 Å². The van der Waals surface area contributed by atoms with Crippen molar-refractivity contribution in [1.29, 1.82) is 0 Å². The Hall–Kier alpha value is -4.97. The Bertz CT molecular complexity index is 1480. The second-order valence-corrected chi connectivity index (χ2v) is 8.58. The number of ether oxygens (including phenoxy) is 4. The molecule has 0 radical (unpaired) electrons. The first-order chi connectivity index (χ1) is 20.3. The van der Waals surface area contributed by atoms with Gasteiger partial charge < -0.3 is 24.3 Å². The van der Waals surface area contributed by atoms with Crippen molar-refractivity contribution in [2.45, 2.75) is 18.8 Å². The number of hydrogen-bond acceptors (Lipinski definition) is 6. The summed E-state index contributed by atoms with van der Waals surface area (Å²) in [4.78, 5) is 26.1. The highest BCUT2D eigenvalue weighted by Gasteiger charge is 2.37. The minimum Gasteiger partial charge on any atom is -0.468 e. The average Bonchev–Trinajstić information content (AvgIpc) is 3.02. The topological polar surface area (TPSA) is 83.1 Å². The number of rotatable bonds is 11. The fourth-order valence-corrected chi connectivity index (χ4v) is 3.71. The quantitative estimate of drug-likeness (QED) is 0.0548. The van der Waals surface area contributed by atoms with Crippen molar-refractivity contribution in [2.75, 3.05) is 6.79 Å². The van der Waals surface area contributed by atoms with Gasteiger partial charge in [0.25, 0.3) is 0 Å². The molecule has 4 aromatic rings. The van der Waals surface area contributed by atoms with E-state index in [1.165, 1.54) is 12.1 Å². The standard InChI is InChI=1S/C30H22F5NO6/c31-21-22(32)24(34)27(25(35)23(21)33)42-29(37)28(41-17-40-20-14-8-3-9-15-20)26(19-12-6-2-7-13-19)36-30(38)39-16-18-10-4-1-5-11-18/h1-15,26,28H,16-17H2,(H,36,38)/t26?,28-/m1/s1. The second kappa shape index (κ2) is 14.1. The Labute approximate surface area is 236 Å². The highest BCUT2D eigenvalue weighted by molar-refractivity contribution is 5.80. The molecule has 0 aliphatic rings. The van der Waals surface area contributed by atoms with Crippen molar-refractivity contribution in [3.8, 4) is 11.5 Å². The van der Waals surface area contributed by atoms with Gasteiger partial charge in [0.2, 0.25) is 34.8 Å². The molecule has 0 saturated heterocycles. The molecule has 1 unspecified atom stereocenters. The van der Waals surface area contributed by atoms with Crippen molar-refractivity contribution >= 4 is 12.1 Å². The number of esters is 1. The Balaban J connectivity index is 1.63. The molecule has 1 amide bonds. The average molecular weight is 587 g/mol. The molecule has 218 valence electrons. The summed E-state index contributed by atoms with van der Waals surface area (Å²) in [6.07, 6.45) is -2.95. The van der Waals surface area contributed by atoms with Gasteiger partial charge in [-0.2, -0.15) is 8.78 Å². The molecule has 0 fully saturated rings. The lowest BCUT2D eigenvalue weighted by atomic mass is 10.0. The summed E-state index contributed by atoms with van der Waals surface area (Å²) in [5.41, 5.74) is 0.895. The predicted octanol–water partition coefficient (Wildman–Crippen LogP) is 6.38. The maximum Gasteiger partial charge on any atom is 0.408 e. The number of halogens is 5. The molecular formula is C30H22F5NO6. The molecule has 0 saturated carbocycles. The van der Waals surface area contributed by atoms with Crippen LogP contribution in [0.1, 0.15) is 17.2 Å². The monoisotopic (exact) mass is 587 g/mol. The first-order valence-corrected chi connectivity index (χ1v) is 12.3. The number of alkyl carbamates (subject to hydrolysis) is 1. The lowest BCUT2D eigenvalue weighted by Gasteiger charge is -2.27. The third kappa shape index (κ3) is 7.40. The Morgan fingerprint density at radius 3 is 1.81 bits per heavy atom. The SMILES string of the molecule is O=C(NC(c1ccccc1)[C@@H](OCOc1ccccc1)C(=O)Oc1c(F)c(F)c(F)c(F)c1F)OCc1ccccc1. The van der Waals surface area contributed by atoms with Gasteiger partial charge in [0.1, 0.15) is 12.4 Å². The minimum atomic E-state index is -2.43. The number of amides is 1. The summed E-state index contributed by atoms with van der Waals surface area (Å²) in [5.74, 6) is -14.9. The molecule has 7 nitrogen and oxygen atoms in total. The van der Waals surface area contributed by atoms with Crippen molar-refractivity contribution in [1.82, 2.24) is 5.32 Å². The summed E-state index contributed by atoms with van der Waals surface area (Å²) >= 11 is 0. The maximum atomic E-state index is 14.3. The van der Waals surface area contributed by atoms with Crippen LogP contribution in [0, 0.1) is 29.1 Å². The summed E-state index contributed by atoms with van der Waals surface area (Å²) in [6.45, 7) is -0.795. The van der Waals surface area contributed by atoms with Gasteiger partial charge in [-0.05, 0) is 23.3 Å². The van der Waals surface area contributed by atoms with Crippen molar-refractivity contribution in [3.05, 3.63) is 131 Å². The van der Waals surface area contributed by atoms with E-state index in [2.05, 4.69) is 10.1 Å². The number of carbonyl (C=O) groups excluding carboxylic acids is 2. The van der Waals surface area contributed by atoms with Crippen LogP contribution in [-0.4, -0.2) is 25.0 Å². The molecule has 0 spiro atoms. The van der Waals surface area contributed by atoms with Gasteiger partial charge in [0.15, 0.2) is 12.9 Å². The molecule has 0 heterocycles. The van der Waals surface area contributed by atoms with Crippen LogP contribution in [0.4, 0.5) is 26.7 Å². The summed E-state index contributed by atoms with van der Waals surface area (Å²) in [6, 6.07) is 23.1. The van der Waals surface area contributed by atoms with Gasteiger partial charge in [-0.15, -0.1) is 0 Å². The second-order valence-electron chi connectivity index (χ2n) is 8.58. The molecule has 0 aromatic heterocycles. The van der Waals surface area contributed by atoms with Crippen LogP contribution in [0.25, 0.3) is 0 Å². The molecule has 0 bridgehead atoms. The molecule has 2 atom stereocenters. The number of hydrogen-bond donors (Lipinski definition) is 1. The van der Waals surface area contributed by atoms with Crippen LogP contribution >= 0.6 is 0 Å². The lowest BCUT2D eigenvalue weighted by molar-refractivity contribution is -0.155. The van der Waals surface area contributed by atoms with E-state index in [1.54, 1.807) is 78.9 Å². The van der Waals surface area contributed by atoms with Crippen molar-refractivity contribution < 1.29 is 50.5 Å². The molecule has 42 heavy (non-hydrogen) atoms. The number of benzene rings is 4. The third-order valence-electron chi connectivity index (χ3n) is 5.77. The fraction of sp³-hybridized carbons (Fsp3) is 0.133. The first kappa shape index (κ1) is 30.0. The normalized spacial score (nSPS) is 12.2. The number of para-hydroxylation sites is 1. The van der Waals surface area contributed by atoms with Crippen LogP contribution in [-0.2, 0) is 20.9 Å². The van der Waals surface area contributed by atoms with Crippen LogP contribution in [0.15, 0.2) is 91.0 Å². The van der Waals surface area contributed by atoms with Gasteiger partial charge in [0, 0.05) is 0 Å².